The lowest BCUT2D eigenvalue weighted by Crippen LogP contribution is -2.00. The van der Waals surface area contributed by atoms with Crippen molar-refractivity contribution in [2.24, 2.45) is 0 Å². The minimum Gasteiger partial charge on any atom is -0.435 e. The van der Waals surface area contributed by atoms with Gasteiger partial charge in [-0.25, -0.2) is 19.9 Å². The van der Waals surface area contributed by atoms with Gasteiger partial charge in [0.25, 0.3) is 0 Å². The molecule has 0 aliphatic rings. The maximum absolute atomic E-state index is 6.52. The monoisotopic (exact) mass is 576 g/mol. The third kappa shape index (κ3) is 4.25. The van der Waals surface area contributed by atoms with E-state index in [9.17, 15) is 0 Å². The van der Waals surface area contributed by atoms with E-state index in [-0.39, 0.29) is 0 Å². The van der Waals surface area contributed by atoms with E-state index in [4.69, 9.17) is 24.4 Å². The Labute approximate surface area is 258 Å². The molecule has 5 heteroatoms. The topological polar surface area (TPSA) is 64.7 Å². The van der Waals surface area contributed by atoms with Gasteiger partial charge in [0.05, 0.1) is 0 Å². The summed E-state index contributed by atoms with van der Waals surface area (Å²) in [5.41, 5.74) is 5.40. The summed E-state index contributed by atoms with van der Waals surface area (Å²) in [4.78, 5) is 19.8. The first-order chi connectivity index (χ1) is 22.3. The second kappa shape index (κ2) is 10.2. The van der Waals surface area contributed by atoms with Crippen molar-refractivity contribution in [2.45, 2.75) is 0 Å². The summed E-state index contributed by atoms with van der Waals surface area (Å²) < 4.78 is 6.52. The van der Waals surface area contributed by atoms with E-state index in [0.29, 0.717) is 23.4 Å². The van der Waals surface area contributed by atoms with Crippen LogP contribution in [0, 0.1) is 0 Å². The molecule has 0 bridgehead atoms. The molecule has 9 rings (SSSR count). The summed E-state index contributed by atoms with van der Waals surface area (Å²) >= 11 is 0. The zero-order valence-electron chi connectivity index (χ0n) is 24.1. The predicted octanol–water partition coefficient (Wildman–Crippen LogP) is 10.1. The molecule has 210 valence electrons. The van der Waals surface area contributed by atoms with Gasteiger partial charge in [-0.05, 0) is 40.4 Å². The molecule has 0 fully saturated rings. The Kier molecular flexibility index (Phi) is 5.74. The molecule has 0 unspecified atom stereocenters. The van der Waals surface area contributed by atoms with Crippen molar-refractivity contribution >= 4 is 43.4 Å². The zero-order chi connectivity index (χ0) is 29.7. The molecule has 0 radical (unpaired) electrons. The van der Waals surface area contributed by atoms with E-state index in [1.807, 2.05) is 91.0 Å². The SMILES string of the molecule is c1ccc(-c2nc(-c3ccccc3)nc(-c3ccc4ccc5c6oc(-c7ccccc7)nc6c6ccccc6c5c4c3)n2)cc1. The Hall–Kier alpha value is -6.20. The summed E-state index contributed by atoms with van der Waals surface area (Å²) in [6.45, 7) is 0. The standard InChI is InChI=1S/C40H24N4O/c1-4-12-26(13-5-1)37-42-38(27-14-6-2-7-15-27)44-39(43-37)29-21-20-25-22-23-32-34(33(25)24-29)30-18-10-11-19-31(30)35-36(32)45-40(41-35)28-16-8-3-9-17-28/h1-24H. The molecule has 5 nitrogen and oxygen atoms in total. The number of hydrogen-bond donors (Lipinski definition) is 0. The van der Waals surface area contributed by atoms with Crippen molar-refractivity contribution in [2.75, 3.05) is 0 Å². The van der Waals surface area contributed by atoms with Crippen molar-refractivity contribution < 1.29 is 4.42 Å². The largest absolute Gasteiger partial charge is 0.435 e. The van der Waals surface area contributed by atoms with Gasteiger partial charge in [0.2, 0.25) is 5.89 Å². The first kappa shape index (κ1) is 25.3. The first-order valence-corrected chi connectivity index (χ1v) is 14.9. The van der Waals surface area contributed by atoms with Crippen LogP contribution in [-0.4, -0.2) is 19.9 Å². The normalized spacial score (nSPS) is 11.6. The van der Waals surface area contributed by atoms with Gasteiger partial charge in [0.15, 0.2) is 23.1 Å². The second-order valence-electron chi connectivity index (χ2n) is 11.1. The van der Waals surface area contributed by atoms with Crippen LogP contribution in [0.3, 0.4) is 0 Å². The average Bonchev–Trinajstić information content (AvgIpc) is 3.58. The number of rotatable bonds is 4. The maximum Gasteiger partial charge on any atom is 0.227 e. The minimum atomic E-state index is 0.615. The summed E-state index contributed by atoms with van der Waals surface area (Å²) in [5, 5.41) is 6.55. The van der Waals surface area contributed by atoms with Crippen LogP contribution in [0.15, 0.2) is 150 Å². The summed E-state index contributed by atoms with van der Waals surface area (Å²) in [6, 6.07) is 49.3. The number of benzene rings is 7. The molecule has 0 amide bonds. The van der Waals surface area contributed by atoms with Crippen LogP contribution in [0.25, 0.3) is 89.0 Å². The highest BCUT2D eigenvalue weighted by molar-refractivity contribution is 6.29. The molecular weight excluding hydrogens is 552 g/mol. The lowest BCUT2D eigenvalue weighted by molar-refractivity contribution is 0.623. The molecule has 0 N–H and O–H groups in total. The Morgan fingerprint density at radius 3 is 1.56 bits per heavy atom. The third-order valence-electron chi connectivity index (χ3n) is 8.32. The first-order valence-electron chi connectivity index (χ1n) is 14.9. The van der Waals surface area contributed by atoms with E-state index >= 15 is 0 Å². The van der Waals surface area contributed by atoms with Gasteiger partial charge in [-0.1, -0.05) is 121 Å². The van der Waals surface area contributed by atoms with E-state index in [1.54, 1.807) is 0 Å². The van der Waals surface area contributed by atoms with Crippen LogP contribution >= 0.6 is 0 Å². The van der Waals surface area contributed by atoms with Gasteiger partial charge >= 0.3 is 0 Å². The predicted molar refractivity (Wildman–Crippen MR) is 182 cm³/mol. The van der Waals surface area contributed by atoms with E-state index < -0.39 is 0 Å². The maximum atomic E-state index is 6.52. The van der Waals surface area contributed by atoms with Gasteiger partial charge in [-0.3, -0.25) is 0 Å². The number of aromatic nitrogens is 4. The van der Waals surface area contributed by atoms with Crippen LogP contribution in [0.4, 0.5) is 0 Å². The Morgan fingerprint density at radius 1 is 0.378 bits per heavy atom. The molecule has 0 atom stereocenters. The van der Waals surface area contributed by atoms with Crippen LogP contribution in [0.2, 0.25) is 0 Å². The smallest absolute Gasteiger partial charge is 0.227 e. The highest BCUT2D eigenvalue weighted by Gasteiger charge is 2.19. The van der Waals surface area contributed by atoms with Crippen molar-refractivity contribution in [1.29, 1.82) is 0 Å². The highest BCUT2D eigenvalue weighted by atomic mass is 16.3. The van der Waals surface area contributed by atoms with Gasteiger partial charge in [0, 0.05) is 38.4 Å². The summed E-state index contributed by atoms with van der Waals surface area (Å²) in [7, 11) is 0. The number of hydrogen-bond acceptors (Lipinski definition) is 5. The zero-order valence-corrected chi connectivity index (χ0v) is 24.1. The fourth-order valence-corrected chi connectivity index (χ4v) is 6.17. The van der Waals surface area contributed by atoms with E-state index in [0.717, 1.165) is 65.7 Å². The fourth-order valence-electron chi connectivity index (χ4n) is 6.17. The molecular formula is C40H24N4O. The van der Waals surface area contributed by atoms with Gasteiger partial charge in [0.1, 0.15) is 5.52 Å². The number of fused-ring (bicyclic) bond motifs is 8. The lowest BCUT2D eigenvalue weighted by atomic mass is 9.94. The van der Waals surface area contributed by atoms with E-state index in [2.05, 4.69) is 54.6 Å². The Morgan fingerprint density at radius 2 is 0.911 bits per heavy atom. The molecule has 2 heterocycles. The van der Waals surface area contributed by atoms with Crippen molar-refractivity contribution in [3.63, 3.8) is 0 Å². The van der Waals surface area contributed by atoms with Gasteiger partial charge in [-0.15, -0.1) is 0 Å². The molecule has 0 spiro atoms. The van der Waals surface area contributed by atoms with Crippen molar-refractivity contribution in [1.82, 2.24) is 19.9 Å². The molecule has 9 aromatic rings. The number of oxazole rings is 1. The lowest BCUT2D eigenvalue weighted by Gasteiger charge is -2.11. The van der Waals surface area contributed by atoms with Crippen LogP contribution in [0.1, 0.15) is 0 Å². The molecule has 0 aliphatic carbocycles. The van der Waals surface area contributed by atoms with Crippen molar-refractivity contribution in [3.8, 4) is 45.6 Å². The van der Waals surface area contributed by atoms with Crippen LogP contribution < -0.4 is 0 Å². The minimum absolute atomic E-state index is 0.615. The third-order valence-corrected chi connectivity index (χ3v) is 8.32. The van der Waals surface area contributed by atoms with Crippen LogP contribution in [-0.2, 0) is 0 Å². The van der Waals surface area contributed by atoms with Crippen LogP contribution in [0.5, 0.6) is 0 Å². The van der Waals surface area contributed by atoms with Gasteiger partial charge < -0.3 is 4.42 Å². The molecule has 0 saturated heterocycles. The summed E-state index contributed by atoms with van der Waals surface area (Å²) in [5.74, 6) is 2.52. The molecule has 0 aliphatic heterocycles. The van der Waals surface area contributed by atoms with Crippen molar-refractivity contribution in [3.05, 3.63) is 146 Å². The quantitative estimate of drug-likeness (QED) is 0.195. The highest BCUT2D eigenvalue weighted by Crippen LogP contribution is 2.41. The summed E-state index contributed by atoms with van der Waals surface area (Å²) in [6.07, 6.45) is 0. The molecule has 2 aromatic heterocycles. The van der Waals surface area contributed by atoms with Gasteiger partial charge in [-0.2, -0.15) is 0 Å². The Balaban J connectivity index is 1.32. The fraction of sp³-hybridized carbons (Fsp3) is 0. The average molecular weight is 577 g/mol. The second-order valence-corrected chi connectivity index (χ2v) is 11.1. The molecule has 7 aromatic carbocycles. The molecule has 0 saturated carbocycles. The van der Waals surface area contributed by atoms with E-state index in [1.165, 1.54) is 0 Å². The molecule has 45 heavy (non-hydrogen) atoms. The Bertz CT molecular complexity index is 2470. The number of nitrogens with zero attached hydrogens (tertiary/aromatic N) is 4.